The molecule has 0 spiro atoms. The summed E-state index contributed by atoms with van der Waals surface area (Å²) in [6.45, 7) is 1.52. The summed E-state index contributed by atoms with van der Waals surface area (Å²) in [5.74, 6) is 0.663. The number of amides is 1. The van der Waals surface area contributed by atoms with Gasteiger partial charge in [0.2, 0.25) is 0 Å². The predicted octanol–water partition coefficient (Wildman–Crippen LogP) is 2.33. The molecule has 1 amide bonds. The number of pyridine rings is 1. The summed E-state index contributed by atoms with van der Waals surface area (Å²) in [5.41, 5.74) is 6.87. The first-order chi connectivity index (χ1) is 10.6. The van der Waals surface area contributed by atoms with Crippen LogP contribution in [0.2, 0.25) is 5.02 Å². The average Bonchev–Trinajstić information content (AvgIpc) is 2.96. The first-order valence-electron chi connectivity index (χ1n) is 7.15. The summed E-state index contributed by atoms with van der Waals surface area (Å²) in [5, 5.41) is 3.66. The van der Waals surface area contributed by atoms with E-state index in [0.29, 0.717) is 22.8 Å². The van der Waals surface area contributed by atoms with E-state index in [2.05, 4.69) is 15.2 Å². The second-order valence-electron chi connectivity index (χ2n) is 5.34. The van der Waals surface area contributed by atoms with Crippen molar-refractivity contribution in [2.45, 2.75) is 12.5 Å². The second-order valence-corrected chi connectivity index (χ2v) is 5.75. The number of aromatic nitrogens is 1. The molecule has 22 heavy (non-hydrogen) atoms. The normalized spacial score (nSPS) is 17.5. The molecule has 3 rings (SSSR count). The van der Waals surface area contributed by atoms with E-state index >= 15 is 0 Å². The number of nitrogens with one attached hydrogen (secondary N) is 1. The molecule has 2 heterocycles. The van der Waals surface area contributed by atoms with E-state index in [-0.39, 0.29) is 11.9 Å². The molecule has 1 aliphatic heterocycles. The van der Waals surface area contributed by atoms with E-state index < -0.39 is 0 Å². The zero-order valence-corrected chi connectivity index (χ0v) is 12.8. The highest BCUT2D eigenvalue weighted by molar-refractivity contribution is 6.32. The van der Waals surface area contributed by atoms with Crippen LogP contribution in [0, 0.1) is 0 Å². The lowest BCUT2D eigenvalue weighted by atomic mass is 10.1. The largest absolute Gasteiger partial charge is 0.399 e. The number of halogens is 1. The van der Waals surface area contributed by atoms with Crippen LogP contribution in [-0.2, 0) is 0 Å². The smallest absolute Gasteiger partial charge is 0.251 e. The van der Waals surface area contributed by atoms with Crippen molar-refractivity contribution in [3.05, 3.63) is 53.2 Å². The van der Waals surface area contributed by atoms with Gasteiger partial charge in [0.15, 0.2) is 0 Å². The van der Waals surface area contributed by atoms with Crippen LogP contribution in [0.4, 0.5) is 11.5 Å². The number of nitrogens with two attached hydrogens (primary N) is 1. The molecule has 1 aromatic heterocycles. The quantitative estimate of drug-likeness (QED) is 0.853. The number of rotatable bonds is 3. The zero-order chi connectivity index (χ0) is 15.5. The summed E-state index contributed by atoms with van der Waals surface area (Å²) < 4.78 is 0. The third-order valence-electron chi connectivity index (χ3n) is 3.71. The van der Waals surface area contributed by atoms with E-state index in [1.807, 2.05) is 6.07 Å². The van der Waals surface area contributed by atoms with Crippen molar-refractivity contribution in [3.63, 3.8) is 0 Å². The molecule has 114 valence electrons. The molecule has 0 saturated carbocycles. The van der Waals surface area contributed by atoms with Crippen LogP contribution in [0.3, 0.4) is 0 Å². The number of nitrogen functional groups attached to an aromatic ring is 1. The second kappa shape index (κ2) is 6.23. The molecular formula is C16H17ClN4O. The van der Waals surface area contributed by atoms with Crippen LogP contribution in [0.25, 0.3) is 0 Å². The van der Waals surface area contributed by atoms with Crippen LogP contribution in [0.15, 0.2) is 42.6 Å². The highest BCUT2D eigenvalue weighted by atomic mass is 35.5. The molecule has 1 unspecified atom stereocenters. The molecule has 1 atom stereocenters. The van der Waals surface area contributed by atoms with E-state index in [1.165, 1.54) is 0 Å². The van der Waals surface area contributed by atoms with Crippen molar-refractivity contribution in [2.24, 2.45) is 0 Å². The van der Waals surface area contributed by atoms with Crippen LogP contribution in [0.5, 0.6) is 0 Å². The molecule has 1 aliphatic rings. The van der Waals surface area contributed by atoms with Gasteiger partial charge in [0.25, 0.3) is 5.91 Å². The number of nitrogens with zero attached hydrogens (tertiary/aromatic N) is 2. The molecular weight excluding hydrogens is 300 g/mol. The third-order valence-corrected chi connectivity index (χ3v) is 4.01. The van der Waals surface area contributed by atoms with Gasteiger partial charge < -0.3 is 16.0 Å². The van der Waals surface area contributed by atoms with Gasteiger partial charge in [-0.25, -0.2) is 4.98 Å². The Morgan fingerprint density at radius 3 is 3.00 bits per heavy atom. The Labute approximate surface area is 134 Å². The predicted molar refractivity (Wildman–Crippen MR) is 88.2 cm³/mol. The van der Waals surface area contributed by atoms with E-state index in [9.17, 15) is 4.79 Å². The summed E-state index contributed by atoms with van der Waals surface area (Å²) in [6, 6.07) is 10.7. The Hall–Kier alpha value is -2.27. The molecule has 1 saturated heterocycles. The van der Waals surface area contributed by atoms with Crippen molar-refractivity contribution in [1.82, 2.24) is 10.3 Å². The molecule has 0 bridgehead atoms. The molecule has 3 N–H and O–H groups in total. The summed E-state index contributed by atoms with van der Waals surface area (Å²) in [7, 11) is 0. The topological polar surface area (TPSA) is 71.2 Å². The number of hydrogen-bond donors (Lipinski definition) is 2. The minimum atomic E-state index is -0.105. The lowest BCUT2D eigenvalue weighted by Crippen LogP contribution is -2.37. The van der Waals surface area contributed by atoms with E-state index in [4.69, 9.17) is 17.3 Å². The number of carbonyl (C=O) groups is 1. The lowest BCUT2D eigenvalue weighted by molar-refractivity contribution is 0.0940. The van der Waals surface area contributed by atoms with Crippen molar-refractivity contribution < 1.29 is 4.79 Å². The van der Waals surface area contributed by atoms with Crippen LogP contribution in [0.1, 0.15) is 16.8 Å². The number of hydrogen-bond acceptors (Lipinski definition) is 4. The summed E-state index contributed by atoms with van der Waals surface area (Å²) in [6.07, 6.45) is 2.58. The maximum atomic E-state index is 12.2. The SMILES string of the molecule is Nc1cccc(C(=O)NC2CCN(c3ncccc3Cl)C2)c1. The van der Waals surface area contributed by atoms with Gasteiger partial charge in [-0.1, -0.05) is 17.7 Å². The average molecular weight is 317 g/mol. The molecule has 1 aromatic carbocycles. The fourth-order valence-corrected chi connectivity index (χ4v) is 2.87. The molecule has 0 aliphatic carbocycles. The van der Waals surface area contributed by atoms with Crippen molar-refractivity contribution >= 4 is 29.0 Å². The molecule has 0 radical (unpaired) electrons. The Bertz CT molecular complexity index is 691. The van der Waals surface area contributed by atoms with Crippen molar-refractivity contribution in [2.75, 3.05) is 23.7 Å². The number of anilines is 2. The molecule has 6 heteroatoms. The minimum Gasteiger partial charge on any atom is -0.399 e. The van der Waals surface area contributed by atoms with Gasteiger partial charge in [-0.3, -0.25) is 4.79 Å². The molecule has 2 aromatic rings. The van der Waals surface area contributed by atoms with Crippen LogP contribution in [-0.4, -0.2) is 30.0 Å². The lowest BCUT2D eigenvalue weighted by Gasteiger charge is -2.19. The maximum Gasteiger partial charge on any atom is 0.251 e. The molecule has 1 fully saturated rings. The van der Waals surface area contributed by atoms with Crippen LogP contribution >= 0.6 is 11.6 Å². The Balaban J connectivity index is 1.64. The highest BCUT2D eigenvalue weighted by Crippen LogP contribution is 2.25. The summed E-state index contributed by atoms with van der Waals surface area (Å²) >= 11 is 6.17. The zero-order valence-electron chi connectivity index (χ0n) is 12.0. The fraction of sp³-hybridized carbons (Fsp3) is 0.250. The standard InChI is InChI=1S/C16H17ClN4O/c17-14-5-2-7-19-15(14)21-8-6-13(10-21)20-16(22)11-3-1-4-12(18)9-11/h1-5,7,9,13H,6,8,10,18H2,(H,20,22). The number of benzene rings is 1. The van der Waals surface area contributed by atoms with Gasteiger partial charge in [0.05, 0.1) is 5.02 Å². The van der Waals surface area contributed by atoms with Gasteiger partial charge in [-0.15, -0.1) is 0 Å². The Morgan fingerprint density at radius 1 is 1.36 bits per heavy atom. The highest BCUT2D eigenvalue weighted by Gasteiger charge is 2.26. The first kappa shape index (κ1) is 14.7. The van der Waals surface area contributed by atoms with Crippen molar-refractivity contribution in [3.8, 4) is 0 Å². The molecule has 5 nitrogen and oxygen atoms in total. The van der Waals surface area contributed by atoms with Crippen molar-refractivity contribution in [1.29, 1.82) is 0 Å². The van der Waals surface area contributed by atoms with Gasteiger partial charge in [-0.05, 0) is 36.8 Å². The van der Waals surface area contributed by atoms with Gasteiger partial charge in [0.1, 0.15) is 5.82 Å². The maximum absolute atomic E-state index is 12.2. The van der Waals surface area contributed by atoms with Crippen LogP contribution < -0.4 is 16.0 Å². The first-order valence-corrected chi connectivity index (χ1v) is 7.53. The van der Waals surface area contributed by atoms with E-state index in [1.54, 1.807) is 36.5 Å². The van der Waals surface area contributed by atoms with Gasteiger partial charge >= 0.3 is 0 Å². The summed E-state index contributed by atoms with van der Waals surface area (Å²) in [4.78, 5) is 18.6. The fourth-order valence-electron chi connectivity index (χ4n) is 2.63. The third kappa shape index (κ3) is 3.14. The monoisotopic (exact) mass is 316 g/mol. The van der Waals surface area contributed by atoms with E-state index in [0.717, 1.165) is 18.8 Å². The van der Waals surface area contributed by atoms with Gasteiger partial charge in [-0.2, -0.15) is 0 Å². The Morgan fingerprint density at radius 2 is 2.23 bits per heavy atom. The van der Waals surface area contributed by atoms with Gasteiger partial charge in [0, 0.05) is 36.6 Å². The number of carbonyl (C=O) groups excluding carboxylic acids is 1. The Kier molecular flexibility index (Phi) is 4.15. The minimum absolute atomic E-state index is 0.0759.